The van der Waals surface area contributed by atoms with E-state index in [1.165, 1.54) is 12.8 Å². The molecule has 0 aromatic heterocycles. The van der Waals surface area contributed by atoms with Gasteiger partial charge in [-0.05, 0) is 65.0 Å². The average molecular weight is 306 g/mol. The highest BCUT2D eigenvalue weighted by Crippen LogP contribution is 2.41. The predicted molar refractivity (Wildman–Crippen MR) is 88.6 cm³/mol. The van der Waals surface area contributed by atoms with E-state index in [9.17, 15) is 4.79 Å². The monoisotopic (exact) mass is 306 g/mol. The first-order valence-electron chi connectivity index (χ1n) is 8.47. The Morgan fingerprint density at radius 2 is 1.68 bits per heavy atom. The van der Waals surface area contributed by atoms with Crippen LogP contribution in [0.2, 0.25) is 0 Å². The van der Waals surface area contributed by atoms with Crippen molar-refractivity contribution in [1.82, 2.24) is 9.80 Å². The number of piperidine rings is 2. The normalized spacial score (nSPS) is 22.4. The van der Waals surface area contributed by atoms with Gasteiger partial charge in [-0.3, -0.25) is 0 Å². The van der Waals surface area contributed by atoms with Crippen LogP contribution in [0.5, 0.6) is 0 Å². The number of carbonyl (C=O) groups is 1. The van der Waals surface area contributed by atoms with E-state index in [1.54, 1.807) is 0 Å². The molecule has 1 spiro atoms. The Morgan fingerprint density at radius 3 is 2.18 bits per heavy atom. The molecule has 0 N–H and O–H groups in total. The highest BCUT2D eigenvalue weighted by Gasteiger charge is 2.39. The molecule has 0 bridgehead atoms. The van der Waals surface area contributed by atoms with Crippen LogP contribution in [0.1, 0.15) is 52.9 Å². The number of rotatable bonds is 2. The third-order valence-electron chi connectivity index (χ3n) is 4.96. The van der Waals surface area contributed by atoms with Crippen molar-refractivity contribution < 1.29 is 9.53 Å². The summed E-state index contributed by atoms with van der Waals surface area (Å²) in [6.07, 6.45) is 10.7. The smallest absolute Gasteiger partial charge is 0.410 e. The summed E-state index contributed by atoms with van der Waals surface area (Å²) in [5, 5.41) is 0. The zero-order chi connectivity index (χ0) is 16.2. The average Bonchev–Trinajstić information content (AvgIpc) is 2.46. The van der Waals surface area contributed by atoms with Crippen molar-refractivity contribution >= 4 is 6.09 Å². The molecule has 2 fully saturated rings. The fraction of sp³-hybridized carbons (Fsp3) is 0.833. The van der Waals surface area contributed by atoms with Gasteiger partial charge in [0.15, 0.2) is 0 Å². The standard InChI is InChI=1S/C18H30N2O2/c1-5-6-11-19-12-7-18(8-13-19)9-14-20(15-10-18)16(21)22-17(2,3)4/h1H,6-15H2,2-4H3. The molecule has 0 aromatic rings. The summed E-state index contributed by atoms with van der Waals surface area (Å²) in [5.41, 5.74) is 0.0275. The molecule has 2 aliphatic heterocycles. The lowest BCUT2D eigenvalue weighted by Gasteiger charge is -2.46. The molecule has 124 valence electrons. The van der Waals surface area contributed by atoms with E-state index in [-0.39, 0.29) is 6.09 Å². The predicted octanol–water partition coefficient (Wildman–Crippen LogP) is 3.12. The van der Waals surface area contributed by atoms with Crippen LogP contribution in [0.3, 0.4) is 0 Å². The Kier molecular flexibility index (Phi) is 5.39. The van der Waals surface area contributed by atoms with Gasteiger partial charge in [-0.15, -0.1) is 12.3 Å². The van der Waals surface area contributed by atoms with Crippen LogP contribution < -0.4 is 0 Å². The third kappa shape index (κ3) is 4.64. The quantitative estimate of drug-likeness (QED) is 0.735. The molecule has 0 aromatic carbocycles. The lowest BCUT2D eigenvalue weighted by atomic mass is 9.71. The summed E-state index contributed by atoms with van der Waals surface area (Å²) in [5.74, 6) is 2.72. The minimum Gasteiger partial charge on any atom is -0.444 e. The van der Waals surface area contributed by atoms with E-state index in [0.29, 0.717) is 5.41 Å². The fourth-order valence-corrected chi connectivity index (χ4v) is 3.46. The van der Waals surface area contributed by atoms with Gasteiger partial charge in [0.2, 0.25) is 0 Å². The van der Waals surface area contributed by atoms with Crippen molar-refractivity contribution in [1.29, 1.82) is 0 Å². The fourth-order valence-electron chi connectivity index (χ4n) is 3.46. The maximum Gasteiger partial charge on any atom is 0.410 e. The molecule has 4 nitrogen and oxygen atoms in total. The topological polar surface area (TPSA) is 32.8 Å². The third-order valence-corrected chi connectivity index (χ3v) is 4.96. The number of ether oxygens (including phenoxy) is 1. The number of hydrogen-bond donors (Lipinski definition) is 0. The number of hydrogen-bond acceptors (Lipinski definition) is 3. The van der Waals surface area contributed by atoms with E-state index in [2.05, 4.69) is 10.8 Å². The Bertz CT molecular complexity index is 415. The highest BCUT2D eigenvalue weighted by atomic mass is 16.6. The van der Waals surface area contributed by atoms with Crippen molar-refractivity contribution in [2.45, 2.75) is 58.5 Å². The zero-order valence-corrected chi connectivity index (χ0v) is 14.4. The van der Waals surface area contributed by atoms with Crippen LogP contribution in [0.4, 0.5) is 4.79 Å². The van der Waals surface area contributed by atoms with Crippen molar-refractivity contribution in [3.05, 3.63) is 0 Å². The molecule has 1 amide bonds. The van der Waals surface area contributed by atoms with E-state index in [0.717, 1.165) is 52.0 Å². The summed E-state index contributed by atoms with van der Waals surface area (Å²) in [7, 11) is 0. The molecule has 0 aliphatic carbocycles. The summed E-state index contributed by atoms with van der Waals surface area (Å²) in [6.45, 7) is 10.7. The first-order chi connectivity index (χ1) is 10.3. The molecule has 22 heavy (non-hydrogen) atoms. The van der Waals surface area contributed by atoms with Gasteiger partial charge < -0.3 is 14.5 Å². The van der Waals surface area contributed by atoms with Crippen LogP contribution in [0.15, 0.2) is 0 Å². The van der Waals surface area contributed by atoms with E-state index in [1.807, 2.05) is 25.7 Å². The Morgan fingerprint density at radius 1 is 1.14 bits per heavy atom. The Hall–Kier alpha value is -1.21. The molecule has 2 rings (SSSR count). The summed E-state index contributed by atoms with van der Waals surface area (Å²) >= 11 is 0. The molecule has 0 radical (unpaired) electrons. The lowest BCUT2D eigenvalue weighted by molar-refractivity contribution is -0.00218. The Labute approximate surface area is 135 Å². The van der Waals surface area contributed by atoms with Crippen molar-refractivity contribution in [2.75, 3.05) is 32.7 Å². The van der Waals surface area contributed by atoms with Crippen molar-refractivity contribution in [2.24, 2.45) is 5.41 Å². The number of nitrogens with zero attached hydrogens (tertiary/aromatic N) is 2. The van der Waals surface area contributed by atoms with Gasteiger partial charge in [0.25, 0.3) is 0 Å². The van der Waals surface area contributed by atoms with Crippen LogP contribution in [0, 0.1) is 17.8 Å². The first-order valence-corrected chi connectivity index (χ1v) is 8.47. The molecule has 2 aliphatic rings. The van der Waals surface area contributed by atoms with Gasteiger partial charge in [0.05, 0.1) is 0 Å². The van der Waals surface area contributed by atoms with E-state index >= 15 is 0 Å². The molecular weight excluding hydrogens is 276 g/mol. The number of likely N-dealkylation sites (tertiary alicyclic amines) is 2. The Balaban J connectivity index is 1.78. The van der Waals surface area contributed by atoms with Gasteiger partial charge in [-0.25, -0.2) is 4.79 Å². The van der Waals surface area contributed by atoms with Crippen LogP contribution >= 0.6 is 0 Å². The highest BCUT2D eigenvalue weighted by molar-refractivity contribution is 5.68. The van der Waals surface area contributed by atoms with Crippen molar-refractivity contribution in [3.63, 3.8) is 0 Å². The SMILES string of the molecule is C#CCCN1CCC2(CC1)CCN(C(=O)OC(C)(C)C)CC2. The van der Waals surface area contributed by atoms with Gasteiger partial charge in [0.1, 0.15) is 5.60 Å². The van der Waals surface area contributed by atoms with Gasteiger partial charge >= 0.3 is 6.09 Å². The van der Waals surface area contributed by atoms with Gasteiger partial charge in [0, 0.05) is 26.1 Å². The zero-order valence-electron chi connectivity index (χ0n) is 14.4. The number of carbonyl (C=O) groups excluding carboxylic acids is 1. The van der Waals surface area contributed by atoms with Crippen LogP contribution in [-0.4, -0.2) is 54.2 Å². The summed E-state index contributed by atoms with van der Waals surface area (Å²) in [6, 6.07) is 0. The summed E-state index contributed by atoms with van der Waals surface area (Å²) < 4.78 is 5.47. The molecule has 2 heterocycles. The molecular formula is C18H30N2O2. The molecule has 2 saturated heterocycles. The molecule has 0 saturated carbocycles. The second-order valence-corrected chi connectivity index (χ2v) is 7.76. The minimum absolute atomic E-state index is 0.159. The van der Waals surface area contributed by atoms with E-state index < -0.39 is 5.60 Å². The molecule has 4 heteroatoms. The molecule has 0 atom stereocenters. The summed E-state index contributed by atoms with van der Waals surface area (Å²) in [4.78, 5) is 16.5. The van der Waals surface area contributed by atoms with Crippen LogP contribution in [0.25, 0.3) is 0 Å². The number of amides is 1. The second-order valence-electron chi connectivity index (χ2n) is 7.76. The minimum atomic E-state index is -0.408. The lowest BCUT2D eigenvalue weighted by Crippen LogP contribution is -2.49. The maximum atomic E-state index is 12.1. The van der Waals surface area contributed by atoms with E-state index in [4.69, 9.17) is 11.2 Å². The largest absolute Gasteiger partial charge is 0.444 e. The molecule has 0 unspecified atom stereocenters. The van der Waals surface area contributed by atoms with Crippen LogP contribution in [-0.2, 0) is 4.74 Å². The first kappa shape index (κ1) is 17.1. The number of terminal acetylenes is 1. The maximum absolute atomic E-state index is 12.1. The van der Waals surface area contributed by atoms with Gasteiger partial charge in [-0.2, -0.15) is 0 Å². The van der Waals surface area contributed by atoms with Gasteiger partial charge in [-0.1, -0.05) is 0 Å². The van der Waals surface area contributed by atoms with Crippen molar-refractivity contribution in [3.8, 4) is 12.3 Å². The second kappa shape index (κ2) is 6.91.